The van der Waals surface area contributed by atoms with E-state index in [1.807, 2.05) is 66.9 Å². The lowest BCUT2D eigenvalue weighted by Gasteiger charge is -2.37. The summed E-state index contributed by atoms with van der Waals surface area (Å²) in [6.45, 7) is 1.97. The number of para-hydroxylation sites is 2. The molecule has 2 aromatic carbocycles. The molecule has 114 valence electrons. The summed E-state index contributed by atoms with van der Waals surface area (Å²) in [6.07, 6.45) is -0.301. The van der Waals surface area contributed by atoms with Gasteiger partial charge in [0, 0.05) is 16.8 Å². The summed E-state index contributed by atoms with van der Waals surface area (Å²) < 4.78 is 0. The third-order valence-corrected chi connectivity index (χ3v) is 4.67. The second-order valence-electron chi connectivity index (χ2n) is 5.39. The Morgan fingerprint density at radius 1 is 1.09 bits per heavy atom. The Kier molecular flexibility index (Phi) is 3.35. The van der Waals surface area contributed by atoms with Crippen molar-refractivity contribution < 1.29 is 4.79 Å². The number of nitrogens with one attached hydrogen (secondary N) is 1. The topological polar surface area (TPSA) is 45.2 Å². The number of anilines is 2. The zero-order chi connectivity index (χ0) is 15.8. The summed E-state index contributed by atoms with van der Waals surface area (Å²) in [5.74, 6) is -0.0128. The van der Waals surface area contributed by atoms with E-state index in [2.05, 4.69) is 10.3 Å². The van der Waals surface area contributed by atoms with Gasteiger partial charge in [-0.1, -0.05) is 30.3 Å². The molecule has 0 bridgehead atoms. The lowest BCUT2D eigenvalue weighted by atomic mass is 10.1. The van der Waals surface area contributed by atoms with Crippen molar-refractivity contribution in [2.45, 2.75) is 13.1 Å². The van der Waals surface area contributed by atoms with Crippen molar-refractivity contribution in [2.75, 3.05) is 10.2 Å². The normalized spacial score (nSPS) is 16.8. The lowest BCUT2D eigenvalue weighted by Crippen LogP contribution is -2.43. The molecular weight excluding hydrogens is 306 g/mol. The number of carbonyl (C=O) groups is 1. The van der Waals surface area contributed by atoms with Crippen molar-refractivity contribution in [1.29, 1.82) is 0 Å². The van der Waals surface area contributed by atoms with Gasteiger partial charge in [-0.2, -0.15) is 0 Å². The van der Waals surface area contributed by atoms with Gasteiger partial charge in [-0.05, 0) is 31.2 Å². The molecule has 1 aliphatic heterocycles. The van der Waals surface area contributed by atoms with Gasteiger partial charge in [-0.15, -0.1) is 11.3 Å². The molecule has 3 aromatic rings. The second-order valence-corrected chi connectivity index (χ2v) is 6.46. The fourth-order valence-corrected chi connectivity index (χ4v) is 3.45. The minimum absolute atomic E-state index is 0.0128. The number of hydrogen-bond donors (Lipinski definition) is 1. The third-order valence-electron chi connectivity index (χ3n) is 3.88. The average molecular weight is 321 g/mol. The van der Waals surface area contributed by atoms with E-state index in [1.54, 1.807) is 16.2 Å². The van der Waals surface area contributed by atoms with Gasteiger partial charge < -0.3 is 5.32 Å². The molecule has 2 heterocycles. The van der Waals surface area contributed by atoms with Gasteiger partial charge in [-0.25, -0.2) is 4.98 Å². The Morgan fingerprint density at radius 2 is 1.83 bits per heavy atom. The molecule has 1 atom stereocenters. The van der Waals surface area contributed by atoms with Crippen molar-refractivity contribution in [3.8, 4) is 0 Å². The predicted molar refractivity (Wildman–Crippen MR) is 92.9 cm³/mol. The van der Waals surface area contributed by atoms with Gasteiger partial charge >= 0.3 is 0 Å². The molecule has 4 nitrogen and oxygen atoms in total. The highest BCUT2D eigenvalue weighted by Crippen LogP contribution is 2.36. The number of benzene rings is 2. The maximum absolute atomic E-state index is 13.1. The zero-order valence-corrected chi connectivity index (χ0v) is 13.4. The number of carbonyl (C=O) groups excluding carboxylic acids is 1. The van der Waals surface area contributed by atoms with Crippen LogP contribution in [0.25, 0.3) is 0 Å². The number of rotatable bonds is 2. The highest BCUT2D eigenvalue weighted by molar-refractivity contribution is 7.09. The molecule has 1 aliphatic rings. The molecule has 1 amide bonds. The Bertz CT molecular complexity index is 859. The molecule has 0 saturated carbocycles. The Balaban J connectivity index is 1.86. The number of amides is 1. The minimum Gasteiger partial charge on any atom is -0.359 e. The minimum atomic E-state index is -0.301. The Labute approximate surface area is 138 Å². The summed E-state index contributed by atoms with van der Waals surface area (Å²) in [7, 11) is 0. The van der Waals surface area contributed by atoms with E-state index in [1.165, 1.54) is 0 Å². The Hall–Kier alpha value is -2.66. The lowest BCUT2D eigenvalue weighted by molar-refractivity contribution is 0.0974. The first-order valence-electron chi connectivity index (χ1n) is 7.40. The molecule has 1 aromatic heterocycles. The third kappa shape index (κ3) is 2.39. The molecular formula is C18H15N3OS. The van der Waals surface area contributed by atoms with Crippen LogP contribution in [0.1, 0.15) is 27.2 Å². The fourth-order valence-electron chi connectivity index (χ4n) is 2.82. The van der Waals surface area contributed by atoms with Gasteiger partial charge in [-0.3, -0.25) is 9.69 Å². The fraction of sp³-hybridized carbons (Fsp3) is 0.111. The summed E-state index contributed by atoms with van der Waals surface area (Å²) in [6, 6.07) is 17.3. The van der Waals surface area contributed by atoms with E-state index >= 15 is 0 Å². The summed E-state index contributed by atoms with van der Waals surface area (Å²) in [5, 5.41) is 6.45. The van der Waals surface area contributed by atoms with Crippen LogP contribution in [0.4, 0.5) is 11.4 Å². The highest BCUT2D eigenvalue weighted by atomic mass is 32.1. The molecule has 1 unspecified atom stereocenters. The van der Waals surface area contributed by atoms with Crippen LogP contribution in [0.2, 0.25) is 0 Å². The monoisotopic (exact) mass is 321 g/mol. The first-order valence-corrected chi connectivity index (χ1v) is 8.28. The van der Waals surface area contributed by atoms with Crippen molar-refractivity contribution in [2.24, 2.45) is 0 Å². The van der Waals surface area contributed by atoms with E-state index in [4.69, 9.17) is 0 Å². The summed E-state index contributed by atoms with van der Waals surface area (Å²) in [5.41, 5.74) is 3.24. The maximum atomic E-state index is 13.1. The molecule has 5 heteroatoms. The smallest absolute Gasteiger partial charge is 0.262 e. The molecule has 0 radical (unpaired) electrons. The number of aromatic nitrogens is 1. The van der Waals surface area contributed by atoms with Crippen LogP contribution in [-0.4, -0.2) is 10.9 Å². The zero-order valence-electron chi connectivity index (χ0n) is 12.6. The first-order chi connectivity index (χ1) is 11.2. The number of nitrogens with zero attached hydrogens (tertiary/aromatic N) is 2. The van der Waals surface area contributed by atoms with E-state index < -0.39 is 0 Å². The SMILES string of the molecule is Cc1nc(C2Nc3ccccc3C(=O)N2c2ccccc2)cs1. The van der Waals surface area contributed by atoms with Crippen molar-refractivity contribution in [3.63, 3.8) is 0 Å². The van der Waals surface area contributed by atoms with Crippen LogP contribution < -0.4 is 10.2 Å². The van der Waals surface area contributed by atoms with Gasteiger partial charge in [0.1, 0.15) is 0 Å². The molecule has 4 rings (SSSR count). The molecule has 0 spiro atoms. The van der Waals surface area contributed by atoms with E-state index in [0.717, 1.165) is 22.1 Å². The quantitative estimate of drug-likeness (QED) is 0.768. The summed E-state index contributed by atoms with van der Waals surface area (Å²) in [4.78, 5) is 19.4. The molecule has 1 N–H and O–H groups in total. The predicted octanol–water partition coefficient (Wildman–Crippen LogP) is 4.22. The van der Waals surface area contributed by atoms with Crippen LogP contribution >= 0.6 is 11.3 Å². The van der Waals surface area contributed by atoms with Gasteiger partial charge in [0.25, 0.3) is 5.91 Å². The van der Waals surface area contributed by atoms with E-state index in [-0.39, 0.29) is 12.1 Å². The standard InChI is InChI=1S/C18H15N3OS/c1-12-19-16(11-23-12)17-20-15-10-6-5-9-14(15)18(22)21(17)13-7-3-2-4-8-13/h2-11,17,20H,1H3. The average Bonchev–Trinajstić information content (AvgIpc) is 3.02. The first kappa shape index (κ1) is 14.0. The molecule has 0 aliphatic carbocycles. The summed E-state index contributed by atoms with van der Waals surface area (Å²) >= 11 is 1.59. The largest absolute Gasteiger partial charge is 0.359 e. The van der Waals surface area contributed by atoms with Crippen LogP contribution in [0, 0.1) is 6.92 Å². The molecule has 23 heavy (non-hydrogen) atoms. The maximum Gasteiger partial charge on any atom is 0.262 e. The van der Waals surface area contributed by atoms with Crippen molar-refractivity contribution >= 4 is 28.6 Å². The van der Waals surface area contributed by atoms with Crippen LogP contribution in [0.5, 0.6) is 0 Å². The van der Waals surface area contributed by atoms with Crippen LogP contribution in [0.15, 0.2) is 60.0 Å². The number of fused-ring (bicyclic) bond motifs is 1. The van der Waals surface area contributed by atoms with Gasteiger partial charge in [0.2, 0.25) is 0 Å². The van der Waals surface area contributed by atoms with Crippen molar-refractivity contribution in [3.05, 3.63) is 76.2 Å². The van der Waals surface area contributed by atoms with Gasteiger partial charge in [0.15, 0.2) is 6.17 Å². The van der Waals surface area contributed by atoms with Crippen LogP contribution in [0.3, 0.4) is 0 Å². The second kappa shape index (κ2) is 5.52. The number of aryl methyl sites for hydroxylation is 1. The van der Waals surface area contributed by atoms with Gasteiger partial charge in [0.05, 0.1) is 16.3 Å². The van der Waals surface area contributed by atoms with Crippen LogP contribution in [-0.2, 0) is 0 Å². The Morgan fingerprint density at radius 3 is 2.57 bits per heavy atom. The van der Waals surface area contributed by atoms with E-state index in [9.17, 15) is 4.79 Å². The molecule has 0 saturated heterocycles. The molecule has 0 fully saturated rings. The van der Waals surface area contributed by atoms with E-state index in [0.29, 0.717) is 5.56 Å². The highest BCUT2D eigenvalue weighted by Gasteiger charge is 2.34. The van der Waals surface area contributed by atoms with Crippen molar-refractivity contribution in [1.82, 2.24) is 4.98 Å². The number of hydrogen-bond acceptors (Lipinski definition) is 4. The number of thiazole rings is 1.